The molecule has 43 heavy (non-hydrogen) atoms. The van der Waals surface area contributed by atoms with Crippen LogP contribution < -0.4 is 0 Å². The Labute approximate surface area is 255 Å². The zero-order valence-electron chi connectivity index (χ0n) is 25.3. The fourth-order valence-electron chi connectivity index (χ4n) is 9.95. The highest BCUT2D eigenvalue weighted by Crippen LogP contribution is 2.68. The van der Waals surface area contributed by atoms with Crippen LogP contribution in [0.1, 0.15) is 98.2 Å². The quantitative estimate of drug-likeness (QED) is 0.274. The summed E-state index contributed by atoms with van der Waals surface area (Å²) in [7, 11) is 0. The molecule has 1 aromatic heterocycles. The van der Waals surface area contributed by atoms with Crippen LogP contribution in [0.25, 0.3) is 10.9 Å². The summed E-state index contributed by atoms with van der Waals surface area (Å²) in [5.41, 5.74) is 1.34. The molecule has 4 aliphatic rings. The summed E-state index contributed by atoms with van der Waals surface area (Å²) in [5.74, 6) is 1.40. The molecule has 1 heterocycles. The second-order valence-electron chi connectivity index (χ2n) is 14.3. The van der Waals surface area contributed by atoms with Gasteiger partial charge in [0.05, 0.1) is 11.6 Å². The van der Waals surface area contributed by atoms with Crippen LogP contribution in [0.3, 0.4) is 0 Å². The average Bonchev–Trinajstić information content (AvgIpc) is 3.30. The molecule has 2 aromatic rings. The van der Waals surface area contributed by atoms with Gasteiger partial charge in [-0.05, 0) is 117 Å². The Hall–Kier alpha value is -2.28. The number of halogens is 4. The van der Waals surface area contributed by atoms with Crippen molar-refractivity contribution in [2.24, 2.45) is 46.3 Å². The molecule has 238 valence electrons. The van der Waals surface area contributed by atoms with Gasteiger partial charge in [-0.2, -0.15) is 0 Å². The van der Waals surface area contributed by atoms with Gasteiger partial charge in [0.2, 0.25) is 0 Å². The van der Waals surface area contributed by atoms with Crippen LogP contribution in [0.4, 0.5) is 17.6 Å². The second-order valence-corrected chi connectivity index (χ2v) is 14.3. The number of benzene rings is 1. The van der Waals surface area contributed by atoms with Crippen molar-refractivity contribution >= 4 is 10.9 Å². The van der Waals surface area contributed by atoms with Crippen molar-refractivity contribution in [3.63, 3.8) is 0 Å². The van der Waals surface area contributed by atoms with E-state index in [0.717, 1.165) is 61.1 Å². The molecule has 0 bridgehead atoms. The molecule has 1 N–H and O–H groups in total. The first-order chi connectivity index (χ1) is 19.8. The smallest absolute Gasteiger partial charge is 0.161 e. The third-order valence-corrected chi connectivity index (χ3v) is 12.2. The van der Waals surface area contributed by atoms with E-state index in [1.165, 1.54) is 57.1 Å². The summed E-state index contributed by atoms with van der Waals surface area (Å²) >= 11 is 0. The highest BCUT2D eigenvalue weighted by molar-refractivity contribution is 5.77. The maximum absolute atomic E-state index is 13.7. The largest absolute Gasteiger partial charge is 0.393 e. The summed E-state index contributed by atoms with van der Waals surface area (Å²) in [4.78, 5) is 9.01. The Morgan fingerprint density at radius 1 is 0.953 bits per heavy atom. The molecule has 7 heteroatoms. The van der Waals surface area contributed by atoms with E-state index in [0.29, 0.717) is 27.7 Å². The molecule has 0 saturated heterocycles. The predicted octanol–water partition coefficient (Wildman–Crippen LogP) is 10.1. The first-order valence-corrected chi connectivity index (χ1v) is 15.8. The summed E-state index contributed by atoms with van der Waals surface area (Å²) in [6.07, 6.45) is 14.7. The van der Waals surface area contributed by atoms with Crippen molar-refractivity contribution in [3.05, 3.63) is 60.6 Å². The number of aliphatic hydroxyl groups excluding tert-OH is 1. The second kappa shape index (κ2) is 13.0. The van der Waals surface area contributed by atoms with Crippen molar-refractivity contribution in [1.29, 1.82) is 0 Å². The van der Waals surface area contributed by atoms with Crippen molar-refractivity contribution in [2.45, 2.75) is 105 Å². The molecule has 9 atom stereocenters. The maximum atomic E-state index is 13.7. The number of allylic oxidation sites excluding steroid dienone is 2. The summed E-state index contributed by atoms with van der Waals surface area (Å²) in [6.45, 7) is 12.8. The van der Waals surface area contributed by atoms with Gasteiger partial charge in [-0.15, -0.1) is 0 Å². The van der Waals surface area contributed by atoms with Gasteiger partial charge in [-0.25, -0.2) is 27.5 Å². The minimum atomic E-state index is -1.10. The zero-order chi connectivity index (χ0) is 30.4. The van der Waals surface area contributed by atoms with E-state index in [4.69, 9.17) is 0 Å². The van der Waals surface area contributed by atoms with Gasteiger partial charge in [0.15, 0.2) is 23.3 Å². The molecular weight excluding hydrogens is 552 g/mol. The number of aromatic nitrogens is 2. The Morgan fingerprint density at radius 2 is 1.60 bits per heavy atom. The third-order valence-electron chi connectivity index (χ3n) is 12.2. The fourth-order valence-corrected chi connectivity index (χ4v) is 9.95. The average molecular weight is 603 g/mol. The van der Waals surface area contributed by atoms with Gasteiger partial charge in [-0.3, -0.25) is 0 Å². The van der Waals surface area contributed by atoms with E-state index in [9.17, 15) is 22.7 Å². The molecular formula is C36H50F4N2O. The van der Waals surface area contributed by atoms with Gasteiger partial charge in [-0.1, -0.05) is 41.4 Å². The number of fused-ring (bicyclic) bond motifs is 6. The van der Waals surface area contributed by atoms with Crippen molar-refractivity contribution in [2.75, 3.05) is 0 Å². The minimum absolute atomic E-state index is 0. The molecule has 3 nitrogen and oxygen atoms in total. The molecule has 1 aromatic carbocycles. The Morgan fingerprint density at radius 3 is 2.30 bits per heavy atom. The lowest BCUT2D eigenvalue weighted by atomic mass is 9.44. The zero-order valence-corrected chi connectivity index (χ0v) is 25.3. The van der Waals surface area contributed by atoms with Gasteiger partial charge in [0.1, 0.15) is 5.82 Å². The summed E-state index contributed by atoms with van der Waals surface area (Å²) in [6, 6.07) is 2.36. The number of aliphatic hydroxyl groups is 1. The van der Waals surface area contributed by atoms with Gasteiger partial charge in [0, 0.05) is 24.1 Å². The van der Waals surface area contributed by atoms with Crippen LogP contribution in [-0.2, 0) is 6.42 Å². The lowest BCUT2D eigenvalue weighted by Crippen LogP contribution is -2.54. The highest BCUT2D eigenvalue weighted by atomic mass is 19.2. The van der Waals surface area contributed by atoms with Crippen molar-refractivity contribution < 1.29 is 22.7 Å². The van der Waals surface area contributed by atoms with E-state index >= 15 is 0 Å². The maximum Gasteiger partial charge on any atom is 0.161 e. The van der Waals surface area contributed by atoms with Gasteiger partial charge < -0.3 is 5.11 Å². The molecule has 6 unspecified atom stereocenters. The SMILES string of the molecule is C.C=C(F)C(=C)F.C[C@H](CCc1ncc2cc(F)c(F)cc2n1)[C@H]1CCC2C3CCC4C[C@H](O)CCC4(C)C3CCC21C. The van der Waals surface area contributed by atoms with E-state index < -0.39 is 23.3 Å². The topological polar surface area (TPSA) is 46.0 Å². The Balaban J connectivity index is 0.000000551. The van der Waals surface area contributed by atoms with Crippen molar-refractivity contribution in [1.82, 2.24) is 9.97 Å². The van der Waals surface area contributed by atoms with Crippen LogP contribution in [0, 0.1) is 58.0 Å². The molecule has 0 amide bonds. The first-order valence-electron chi connectivity index (χ1n) is 15.8. The Kier molecular flexibility index (Phi) is 10.1. The lowest BCUT2D eigenvalue weighted by molar-refractivity contribution is -0.129. The highest BCUT2D eigenvalue weighted by Gasteiger charge is 2.60. The standard InChI is InChI=1S/C31H42F2N2O.C4H4F2.CH4/c1-18(4-9-29-34-17-19-14-26(32)27(33)16-28(19)35-29)23-7-8-24-22-6-5-20-15-21(36)10-12-30(20,2)25(22)11-13-31(23,24)3;1-3(5)4(2)6;/h14,16-18,20-25,36H,4-13,15H2,1-3H3;1-2H2;1H4/t18-,20?,21-,22?,23-,24?,25?,30?,31?;;/m1../s1. The Bertz CT molecular complexity index is 1320. The lowest BCUT2D eigenvalue weighted by Gasteiger charge is -2.61. The van der Waals surface area contributed by atoms with Gasteiger partial charge >= 0.3 is 0 Å². The molecule has 6 rings (SSSR count). The molecule has 4 saturated carbocycles. The van der Waals surface area contributed by atoms with Gasteiger partial charge in [0.25, 0.3) is 0 Å². The first kappa shape index (κ1) is 33.6. The molecule has 0 radical (unpaired) electrons. The molecule has 0 spiro atoms. The van der Waals surface area contributed by atoms with E-state index in [-0.39, 0.29) is 13.5 Å². The van der Waals surface area contributed by atoms with Crippen LogP contribution in [0.15, 0.2) is 43.1 Å². The predicted molar refractivity (Wildman–Crippen MR) is 165 cm³/mol. The number of aryl methyl sites for hydroxylation is 1. The molecule has 4 fully saturated rings. The van der Waals surface area contributed by atoms with Crippen LogP contribution in [0.2, 0.25) is 0 Å². The van der Waals surface area contributed by atoms with Crippen LogP contribution in [-0.4, -0.2) is 21.2 Å². The summed E-state index contributed by atoms with van der Waals surface area (Å²) < 4.78 is 49.5. The number of rotatable bonds is 5. The minimum Gasteiger partial charge on any atom is -0.393 e. The van der Waals surface area contributed by atoms with Crippen LogP contribution in [0.5, 0.6) is 0 Å². The molecule has 4 aliphatic carbocycles. The third kappa shape index (κ3) is 6.43. The van der Waals surface area contributed by atoms with Crippen LogP contribution >= 0.6 is 0 Å². The van der Waals surface area contributed by atoms with E-state index in [2.05, 4.69) is 43.9 Å². The monoisotopic (exact) mass is 602 g/mol. The number of nitrogens with zero attached hydrogens (tertiary/aromatic N) is 2. The number of hydrogen-bond acceptors (Lipinski definition) is 3. The summed E-state index contributed by atoms with van der Waals surface area (Å²) in [5, 5.41) is 10.9. The molecule has 0 aliphatic heterocycles. The van der Waals surface area contributed by atoms with E-state index in [1.807, 2.05) is 0 Å². The normalized spacial score (nSPS) is 35.3. The fraction of sp³-hybridized carbons (Fsp3) is 0.667. The van der Waals surface area contributed by atoms with Crippen molar-refractivity contribution in [3.8, 4) is 0 Å². The van der Waals surface area contributed by atoms with E-state index in [1.54, 1.807) is 6.20 Å². The number of hydrogen-bond donors (Lipinski definition) is 1.